The number of rotatable bonds is 5. The summed E-state index contributed by atoms with van der Waals surface area (Å²) in [5.41, 5.74) is 3.42. The molecule has 0 saturated heterocycles. The second kappa shape index (κ2) is 7.49. The Balaban J connectivity index is 1.95. The topological polar surface area (TPSA) is 78.9 Å². The van der Waals surface area contributed by atoms with Crippen LogP contribution in [0.5, 0.6) is 0 Å². The first-order valence-corrected chi connectivity index (χ1v) is 8.20. The van der Waals surface area contributed by atoms with Crippen LogP contribution >= 0.6 is 0 Å². The maximum absolute atomic E-state index is 14.2. The van der Waals surface area contributed by atoms with E-state index in [1.54, 1.807) is 12.3 Å². The summed E-state index contributed by atoms with van der Waals surface area (Å²) in [5.74, 6) is -0.249. The van der Waals surface area contributed by atoms with E-state index in [9.17, 15) is 9.18 Å². The van der Waals surface area contributed by atoms with E-state index in [4.69, 9.17) is 0 Å². The normalized spacial score (nSPS) is 10.7. The molecule has 0 saturated carbocycles. The Morgan fingerprint density at radius 1 is 1.19 bits per heavy atom. The van der Waals surface area contributed by atoms with Gasteiger partial charge in [-0.25, -0.2) is 14.4 Å². The third-order valence-electron chi connectivity index (χ3n) is 3.73. The molecule has 0 aliphatic rings. The molecular formula is C18H19BFN5O. The maximum atomic E-state index is 14.2. The van der Waals surface area contributed by atoms with Crippen LogP contribution in [-0.2, 0) is 11.3 Å². The molecule has 0 unspecified atom stereocenters. The molecule has 0 atom stereocenters. The van der Waals surface area contributed by atoms with Crippen LogP contribution in [0.15, 0.2) is 36.5 Å². The van der Waals surface area contributed by atoms with Gasteiger partial charge in [0.15, 0.2) is 0 Å². The number of carbonyl (C=O) groups excluding carboxylic acids is 1. The number of aromatic nitrogens is 2. The van der Waals surface area contributed by atoms with Gasteiger partial charge in [0.05, 0.1) is 0 Å². The van der Waals surface area contributed by atoms with Crippen molar-refractivity contribution in [3.8, 4) is 0 Å². The van der Waals surface area contributed by atoms with E-state index in [0.29, 0.717) is 23.3 Å². The fourth-order valence-corrected chi connectivity index (χ4v) is 2.78. The molecule has 0 aliphatic heterocycles. The molecule has 0 fully saturated rings. The third-order valence-corrected chi connectivity index (χ3v) is 3.73. The summed E-state index contributed by atoms with van der Waals surface area (Å²) in [4.78, 5) is 19.9. The van der Waals surface area contributed by atoms with Gasteiger partial charge in [-0.1, -0.05) is 11.5 Å². The minimum absolute atomic E-state index is 0.156. The van der Waals surface area contributed by atoms with Crippen molar-refractivity contribution in [2.75, 3.05) is 17.7 Å². The van der Waals surface area contributed by atoms with Crippen molar-refractivity contribution >= 4 is 47.4 Å². The van der Waals surface area contributed by atoms with E-state index in [-0.39, 0.29) is 23.2 Å². The number of hydrogen-bond acceptors (Lipinski definition) is 5. The Hall–Kier alpha value is -3.00. The molecule has 8 heteroatoms. The fraction of sp³-hybridized carbons (Fsp3) is 0.167. The van der Waals surface area contributed by atoms with Gasteiger partial charge < -0.3 is 16.0 Å². The summed E-state index contributed by atoms with van der Waals surface area (Å²) in [5, 5.41) is 9.57. The van der Waals surface area contributed by atoms with Crippen molar-refractivity contribution < 1.29 is 9.18 Å². The quantitative estimate of drug-likeness (QED) is 0.607. The highest BCUT2D eigenvalue weighted by atomic mass is 19.1. The van der Waals surface area contributed by atoms with Crippen molar-refractivity contribution in [2.45, 2.75) is 13.5 Å². The number of anilines is 3. The summed E-state index contributed by atoms with van der Waals surface area (Å²) in [6.45, 7) is 2.09. The average molecular weight is 351 g/mol. The number of fused-ring (bicyclic) bond motifs is 1. The molecule has 0 bridgehead atoms. The van der Waals surface area contributed by atoms with Gasteiger partial charge in [0, 0.05) is 36.4 Å². The Morgan fingerprint density at radius 2 is 1.96 bits per heavy atom. The first-order chi connectivity index (χ1) is 12.4. The fourth-order valence-electron chi connectivity index (χ4n) is 2.78. The Bertz CT molecular complexity index is 979. The highest BCUT2D eigenvalue weighted by Crippen LogP contribution is 2.23. The predicted molar refractivity (Wildman–Crippen MR) is 104 cm³/mol. The van der Waals surface area contributed by atoms with Gasteiger partial charge >= 0.3 is 0 Å². The van der Waals surface area contributed by atoms with E-state index >= 15 is 0 Å². The second-order valence-corrected chi connectivity index (χ2v) is 6.13. The average Bonchev–Trinajstić information content (AvgIpc) is 2.55. The molecule has 3 aromatic rings. The zero-order valence-corrected chi connectivity index (χ0v) is 14.9. The molecule has 1 amide bonds. The van der Waals surface area contributed by atoms with Gasteiger partial charge in [-0.2, -0.15) is 0 Å². The van der Waals surface area contributed by atoms with E-state index in [1.807, 2.05) is 33.1 Å². The molecule has 0 spiro atoms. The summed E-state index contributed by atoms with van der Waals surface area (Å²) in [6.07, 6.45) is 1.59. The SMILES string of the molecule is Bc1cc(F)c2nc(Nc3cc(CNC)cc(NC(C)=O)c3)ncc2c1. The van der Waals surface area contributed by atoms with Crippen LogP contribution in [0.4, 0.5) is 21.7 Å². The molecular weight excluding hydrogens is 332 g/mol. The highest BCUT2D eigenvalue weighted by Gasteiger charge is 2.08. The number of hydrogen-bond donors (Lipinski definition) is 3. The lowest BCUT2D eigenvalue weighted by molar-refractivity contribution is -0.114. The first kappa shape index (κ1) is 17.8. The van der Waals surface area contributed by atoms with Gasteiger partial charge in [-0.3, -0.25) is 4.79 Å². The van der Waals surface area contributed by atoms with Crippen LogP contribution < -0.4 is 21.4 Å². The van der Waals surface area contributed by atoms with E-state index in [2.05, 4.69) is 25.9 Å². The summed E-state index contributed by atoms with van der Waals surface area (Å²) in [6, 6.07) is 8.86. The van der Waals surface area contributed by atoms with Gasteiger partial charge in [-0.15, -0.1) is 0 Å². The molecule has 132 valence electrons. The zero-order valence-electron chi connectivity index (χ0n) is 14.9. The Morgan fingerprint density at radius 3 is 2.69 bits per heavy atom. The Kier molecular flexibility index (Phi) is 5.13. The number of halogens is 1. The highest BCUT2D eigenvalue weighted by molar-refractivity contribution is 6.33. The maximum Gasteiger partial charge on any atom is 0.227 e. The summed E-state index contributed by atoms with van der Waals surface area (Å²) in [7, 11) is 3.67. The second-order valence-electron chi connectivity index (χ2n) is 6.13. The Labute approximate surface area is 151 Å². The van der Waals surface area contributed by atoms with Crippen molar-refractivity contribution in [3.63, 3.8) is 0 Å². The van der Waals surface area contributed by atoms with E-state index < -0.39 is 0 Å². The summed E-state index contributed by atoms with van der Waals surface area (Å²) >= 11 is 0. The molecule has 1 heterocycles. The van der Waals surface area contributed by atoms with Crippen LogP contribution in [0.3, 0.4) is 0 Å². The minimum atomic E-state index is -0.381. The van der Waals surface area contributed by atoms with E-state index in [0.717, 1.165) is 11.0 Å². The molecule has 1 aromatic heterocycles. The number of nitrogens with one attached hydrogen (secondary N) is 3. The van der Waals surface area contributed by atoms with E-state index in [1.165, 1.54) is 13.0 Å². The molecule has 3 rings (SSSR count). The smallest absolute Gasteiger partial charge is 0.227 e. The predicted octanol–water partition coefficient (Wildman–Crippen LogP) is 1.45. The molecule has 0 radical (unpaired) electrons. The van der Waals surface area contributed by atoms with Gasteiger partial charge in [0.2, 0.25) is 11.9 Å². The molecule has 6 nitrogen and oxygen atoms in total. The zero-order chi connectivity index (χ0) is 18.7. The van der Waals surface area contributed by atoms with Crippen molar-refractivity contribution in [2.24, 2.45) is 0 Å². The van der Waals surface area contributed by atoms with Crippen molar-refractivity contribution in [1.82, 2.24) is 15.3 Å². The lowest BCUT2D eigenvalue weighted by atomic mass is 9.95. The number of benzene rings is 2. The van der Waals surface area contributed by atoms with Crippen molar-refractivity contribution in [1.29, 1.82) is 0 Å². The monoisotopic (exact) mass is 351 g/mol. The molecule has 26 heavy (non-hydrogen) atoms. The lowest BCUT2D eigenvalue weighted by Gasteiger charge is -2.12. The molecule has 2 aromatic carbocycles. The lowest BCUT2D eigenvalue weighted by Crippen LogP contribution is -2.10. The number of nitrogens with zero attached hydrogens (tertiary/aromatic N) is 2. The molecule has 3 N–H and O–H groups in total. The van der Waals surface area contributed by atoms with Gasteiger partial charge in [-0.05, 0) is 36.9 Å². The van der Waals surface area contributed by atoms with Crippen LogP contribution in [-0.4, -0.2) is 30.8 Å². The third kappa shape index (κ3) is 4.15. The number of carbonyl (C=O) groups is 1. The van der Waals surface area contributed by atoms with Crippen LogP contribution in [0.25, 0.3) is 10.9 Å². The summed E-state index contributed by atoms with van der Waals surface area (Å²) < 4.78 is 14.2. The number of amides is 1. The minimum Gasteiger partial charge on any atom is -0.326 e. The van der Waals surface area contributed by atoms with Gasteiger partial charge in [0.1, 0.15) is 19.2 Å². The first-order valence-electron chi connectivity index (χ1n) is 8.20. The largest absolute Gasteiger partial charge is 0.326 e. The van der Waals surface area contributed by atoms with Crippen LogP contribution in [0, 0.1) is 5.82 Å². The standard InChI is InChI=1S/C18H19BFN5O/c1-10(26)23-14-3-11(8-21-2)4-15(7-14)24-18-22-9-12-5-13(19)6-16(20)17(12)25-18/h3-7,9,21H,8,19H2,1-2H3,(H,23,26)(H,22,24,25). The van der Waals surface area contributed by atoms with Crippen LogP contribution in [0.2, 0.25) is 0 Å². The van der Waals surface area contributed by atoms with Crippen LogP contribution in [0.1, 0.15) is 12.5 Å². The van der Waals surface area contributed by atoms with Crippen molar-refractivity contribution in [3.05, 3.63) is 47.9 Å². The molecule has 0 aliphatic carbocycles. The van der Waals surface area contributed by atoms with Gasteiger partial charge in [0.25, 0.3) is 0 Å².